The maximum atomic E-state index is 9.57. The fraction of sp³-hybridized carbons (Fsp3) is 0.769. The highest BCUT2D eigenvalue weighted by Crippen LogP contribution is 2.19. The van der Waals surface area contributed by atoms with Crippen molar-refractivity contribution in [3.63, 3.8) is 0 Å². The molecule has 1 aliphatic rings. The molecule has 0 saturated carbocycles. The molecule has 7 heteroatoms. The van der Waals surface area contributed by atoms with E-state index in [-0.39, 0.29) is 6.10 Å². The van der Waals surface area contributed by atoms with Crippen molar-refractivity contribution in [3.8, 4) is 6.01 Å². The maximum absolute atomic E-state index is 9.57. The lowest BCUT2D eigenvalue weighted by molar-refractivity contribution is 0.145. The van der Waals surface area contributed by atoms with E-state index in [0.717, 1.165) is 38.9 Å². The van der Waals surface area contributed by atoms with Gasteiger partial charge in [-0.1, -0.05) is 6.92 Å². The first-order valence-electron chi connectivity index (χ1n) is 7.28. The summed E-state index contributed by atoms with van der Waals surface area (Å²) in [6.07, 6.45) is 2.28. The van der Waals surface area contributed by atoms with Gasteiger partial charge in [0.1, 0.15) is 0 Å². The summed E-state index contributed by atoms with van der Waals surface area (Å²) in [5, 5.41) is 12.7. The van der Waals surface area contributed by atoms with Gasteiger partial charge in [-0.05, 0) is 26.2 Å². The molecule has 0 amide bonds. The Kier molecular flexibility index (Phi) is 5.34. The minimum Gasteiger partial charge on any atom is -0.464 e. The molecular weight excluding hydrogens is 258 g/mol. The van der Waals surface area contributed by atoms with Crippen LogP contribution in [0.4, 0.5) is 11.9 Å². The van der Waals surface area contributed by atoms with E-state index in [9.17, 15) is 5.11 Å². The van der Waals surface area contributed by atoms with Gasteiger partial charge in [0.25, 0.3) is 0 Å². The largest absolute Gasteiger partial charge is 0.464 e. The fourth-order valence-electron chi connectivity index (χ4n) is 2.06. The van der Waals surface area contributed by atoms with Crippen LogP contribution in [0.1, 0.15) is 33.1 Å². The molecule has 2 N–H and O–H groups in total. The molecule has 0 atom stereocenters. The van der Waals surface area contributed by atoms with Gasteiger partial charge >= 0.3 is 6.01 Å². The van der Waals surface area contributed by atoms with Crippen molar-refractivity contribution in [2.45, 2.75) is 39.2 Å². The molecule has 1 fully saturated rings. The summed E-state index contributed by atoms with van der Waals surface area (Å²) in [7, 11) is 0. The summed E-state index contributed by atoms with van der Waals surface area (Å²) in [6.45, 7) is 6.83. The lowest BCUT2D eigenvalue weighted by atomic mass is 10.1. The highest BCUT2D eigenvalue weighted by Gasteiger charge is 2.20. The topological polar surface area (TPSA) is 83.4 Å². The molecule has 112 valence electrons. The van der Waals surface area contributed by atoms with Gasteiger partial charge in [0, 0.05) is 19.6 Å². The number of piperidine rings is 1. The smallest absolute Gasteiger partial charge is 0.323 e. The summed E-state index contributed by atoms with van der Waals surface area (Å²) in [6, 6.07) is 0.349. The average molecular weight is 281 g/mol. The average Bonchev–Trinajstić information content (AvgIpc) is 2.46. The predicted octanol–water partition coefficient (Wildman–Crippen LogP) is 1.05. The quantitative estimate of drug-likeness (QED) is 0.806. The van der Waals surface area contributed by atoms with Gasteiger partial charge in [0.2, 0.25) is 11.9 Å². The molecule has 2 heterocycles. The van der Waals surface area contributed by atoms with E-state index in [1.54, 1.807) is 0 Å². The van der Waals surface area contributed by atoms with E-state index in [2.05, 4.69) is 32.1 Å². The van der Waals surface area contributed by atoms with Gasteiger partial charge in [-0.25, -0.2) is 0 Å². The summed E-state index contributed by atoms with van der Waals surface area (Å²) < 4.78 is 5.40. The van der Waals surface area contributed by atoms with Gasteiger partial charge in [0.15, 0.2) is 0 Å². The predicted molar refractivity (Wildman–Crippen MR) is 77.2 cm³/mol. The third-order valence-corrected chi connectivity index (χ3v) is 3.16. The molecule has 0 aromatic carbocycles. The van der Waals surface area contributed by atoms with Crippen molar-refractivity contribution in [3.05, 3.63) is 0 Å². The van der Waals surface area contributed by atoms with Gasteiger partial charge in [-0.2, -0.15) is 15.0 Å². The monoisotopic (exact) mass is 281 g/mol. The molecule has 0 unspecified atom stereocenters. The number of ether oxygens (including phenoxy) is 1. The van der Waals surface area contributed by atoms with E-state index >= 15 is 0 Å². The number of nitrogens with one attached hydrogen (secondary N) is 1. The zero-order valence-corrected chi connectivity index (χ0v) is 12.2. The van der Waals surface area contributed by atoms with Crippen LogP contribution in [0, 0.1) is 0 Å². The van der Waals surface area contributed by atoms with E-state index in [1.807, 2.05) is 6.92 Å². The van der Waals surface area contributed by atoms with E-state index in [0.29, 0.717) is 24.5 Å². The van der Waals surface area contributed by atoms with Crippen molar-refractivity contribution >= 4 is 11.9 Å². The Balaban J connectivity index is 2.15. The molecule has 0 bridgehead atoms. The van der Waals surface area contributed by atoms with Gasteiger partial charge in [-0.3, -0.25) is 0 Å². The maximum Gasteiger partial charge on any atom is 0.323 e. The molecule has 0 aliphatic carbocycles. The first kappa shape index (κ1) is 14.8. The third kappa shape index (κ3) is 3.93. The Bertz CT molecular complexity index is 421. The molecule has 1 saturated heterocycles. The zero-order chi connectivity index (χ0) is 14.4. The lowest BCUT2D eigenvalue weighted by Crippen LogP contribution is -2.37. The zero-order valence-electron chi connectivity index (χ0n) is 12.2. The minimum absolute atomic E-state index is 0.211. The molecule has 1 aromatic rings. The van der Waals surface area contributed by atoms with Crippen molar-refractivity contribution in [1.82, 2.24) is 15.0 Å². The number of hydrogen-bond donors (Lipinski definition) is 2. The van der Waals surface area contributed by atoms with Crippen molar-refractivity contribution in [2.75, 3.05) is 36.5 Å². The molecule has 20 heavy (non-hydrogen) atoms. The Morgan fingerprint density at radius 2 is 2.00 bits per heavy atom. The Morgan fingerprint density at radius 1 is 1.25 bits per heavy atom. The van der Waals surface area contributed by atoms with E-state index < -0.39 is 0 Å². The molecule has 1 aromatic heterocycles. The minimum atomic E-state index is -0.211. The second kappa shape index (κ2) is 7.23. The number of hydrogen-bond acceptors (Lipinski definition) is 7. The van der Waals surface area contributed by atoms with Crippen LogP contribution < -0.4 is 15.0 Å². The Labute approximate surface area is 119 Å². The first-order valence-corrected chi connectivity index (χ1v) is 7.28. The summed E-state index contributed by atoms with van der Waals surface area (Å²) in [4.78, 5) is 15.1. The van der Waals surface area contributed by atoms with Gasteiger partial charge in [0.05, 0.1) is 12.7 Å². The normalized spacial score (nSPS) is 16.2. The number of nitrogens with zero attached hydrogens (tertiary/aromatic N) is 4. The highest BCUT2D eigenvalue weighted by atomic mass is 16.5. The van der Waals surface area contributed by atoms with Crippen LogP contribution in [-0.4, -0.2) is 52.4 Å². The second-order valence-electron chi connectivity index (χ2n) is 4.82. The van der Waals surface area contributed by atoms with E-state index in [4.69, 9.17) is 4.74 Å². The Morgan fingerprint density at radius 3 is 2.65 bits per heavy atom. The van der Waals surface area contributed by atoms with E-state index in [1.165, 1.54) is 0 Å². The van der Waals surface area contributed by atoms with Gasteiger partial charge < -0.3 is 20.1 Å². The second-order valence-corrected chi connectivity index (χ2v) is 4.82. The first-order chi connectivity index (χ1) is 9.72. The molecular formula is C13H23N5O2. The highest BCUT2D eigenvalue weighted by molar-refractivity contribution is 5.38. The lowest BCUT2D eigenvalue weighted by Gasteiger charge is -2.29. The Hall–Kier alpha value is -1.63. The van der Waals surface area contributed by atoms with Gasteiger partial charge in [-0.15, -0.1) is 0 Å². The van der Waals surface area contributed by atoms with Crippen LogP contribution in [0.3, 0.4) is 0 Å². The summed E-state index contributed by atoms with van der Waals surface area (Å²) >= 11 is 0. The van der Waals surface area contributed by atoms with Crippen LogP contribution in [-0.2, 0) is 0 Å². The fourth-order valence-corrected chi connectivity index (χ4v) is 2.06. The number of rotatable bonds is 6. The van der Waals surface area contributed by atoms with Crippen LogP contribution in [0.5, 0.6) is 6.01 Å². The molecule has 0 spiro atoms. The van der Waals surface area contributed by atoms with Crippen LogP contribution in [0.15, 0.2) is 0 Å². The van der Waals surface area contributed by atoms with Crippen molar-refractivity contribution in [2.24, 2.45) is 0 Å². The van der Waals surface area contributed by atoms with Crippen LogP contribution in [0.2, 0.25) is 0 Å². The molecule has 1 aliphatic heterocycles. The van der Waals surface area contributed by atoms with Crippen molar-refractivity contribution < 1.29 is 9.84 Å². The number of aliphatic hydroxyl groups is 1. The number of aliphatic hydroxyl groups excluding tert-OH is 1. The number of aromatic nitrogens is 3. The van der Waals surface area contributed by atoms with Crippen LogP contribution >= 0.6 is 0 Å². The standard InChI is InChI=1S/C13H23N5O2/c1-3-7-14-11-15-12(17-13(16-11)20-4-2)18-8-5-10(19)6-9-18/h10,19H,3-9H2,1-2H3,(H,14,15,16,17). The van der Waals surface area contributed by atoms with Crippen molar-refractivity contribution in [1.29, 1.82) is 0 Å². The summed E-state index contributed by atoms with van der Waals surface area (Å²) in [5.41, 5.74) is 0. The molecule has 2 rings (SSSR count). The summed E-state index contributed by atoms with van der Waals surface area (Å²) in [5.74, 6) is 1.17. The van der Waals surface area contributed by atoms with Crippen LogP contribution in [0.25, 0.3) is 0 Å². The molecule has 7 nitrogen and oxygen atoms in total. The SMILES string of the molecule is CCCNc1nc(OCC)nc(N2CCC(O)CC2)n1. The third-order valence-electron chi connectivity index (χ3n) is 3.16. The molecule has 0 radical (unpaired) electrons. The number of anilines is 2.